The Bertz CT molecular complexity index is 160. The predicted molar refractivity (Wildman–Crippen MR) is 62.3 cm³/mol. The molecule has 0 bridgehead atoms. The third kappa shape index (κ3) is 8.36. The fourth-order valence-electron chi connectivity index (χ4n) is 1.89. The normalized spacial score (nSPS) is 14.0. The van der Waals surface area contributed by atoms with Gasteiger partial charge in [0, 0.05) is 5.88 Å². The standard InChI is InChI=1S/C12H23Cl/c1-11(2,3)10-12(4,5)8-6-7-9-13/h6,8H,7,9-10H2,1-5H3/b8-6+. The van der Waals surface area contributed by atoms with E-state index in [0.717, 1.165) is 12.3 Å². The molecule has 0 N–H and O–H groups in total. The van der Waals surface area contributed by atoms with Gasteiger partial charge in [0.05, 0.1) is 0 Å². The summed E-state index contributed by atoms with van der Waals surface area (Å²) < 4.78 is 0. The number of alkyl halides is 1. The molecule has 0 saturated carbocycles. The molecule has 0 aromatic carbocycles. The van der Waals surface area contributed by atoms with Crippen molar-refractivity contribution >= 4 is 11.6 Å². The van der Waals surface area contributed by atoms with E-state index in [9.17, 15) is 0 Å². The number of allylic oxidation sites excluding steroid dienone is 2. The molecule has 0 aliphatic carbocycles. The minimum absolute atomic E-state index is 0.296. The van der Waals surface area contributed by atoms with Crippen molar-refractivity contribution in [2.24, 2.45) is 10.8 Å². The maximum atomic E-state index is 5.61. The highest BCUT2D eigenvalue weighted by Crippen LogP contribution is 2.34. The fraction of sp³-hybridized carbons (Fsp3) is 0.833. The van der Waals surface area contributed by atoms with E-state index in [0.29, 0.717) is 10.8 Å². The van der Waals surface area contributed by atoms with Gasteiger partial charge in [-0.25, -0.2) is 0 Å². The molecule has 0 radical (unpaired) electrons. The van der Waals surface area contributed by atoms with Gasteiger partial charge in [0.2, 0.25) is 0 Å². The lowest BCUT2D eigenvalue weighted by molar-refractivity contribution is 0.262. The quantitative estimate of drug-likeness (QED) is 0.461. The topological polar surface area (TPSA) is 0 Å². The summed E-state index contributed by atoms with van der Waals surface area (Å²) >= 11 is 5.61. The van der Waals surface area contributed by atoms with Crippen LogP contribution < -0.4 is 0 Å². The summed E-state index contributed by atoms with van der Waals surface area (Å²) in [4.78, 5) is 0. The van der Waals surface area contributed by atoms with E-state index >= 15 is 0 Å². The zero-order valence-electron chi connectivity index (χ0n) is 9.65. The van der Waals surface area contributed by atoms with Crippen LogP contribution in [0.2, 0.25) is 0 Å². The van der Waals surface area contributed by atoms with Gasteiger partial charge >= 0.3 is 0 Å². The Hall–Kier alpha value is 0.0300. The van der Waals surface area contributed by atoms with Crippen molar-refractivity contribution in [3.05, 3.63) is 12.2 Å². The van der Waals surface area contributed by atoms with Crippen molar-refractivity contribution in [1.29, 1.82) is 0 Å². The molecule has 0 fully saturated rings. The molecule has 0 aliphatic heterocycles. The van der Waals surface area contributed by atoms with Gasteiger partial charge in [-0.05, 0) is 23.7 Å². The summed E-state index contributed by atoms with van der Waals surface area (Å²) in [6.45, 7) is 11.4. The van der Waals surface area contributed by atoms with Crippen LogP contribution in [0.15, 0.2) is 12.2 Å². The molecule has 0 aliphatic rings. The first kappa shape index (κ1) is 13.0. The third-order valence-electron chi connectivity index (χ3n) is 1.83. The second kappa shape index (κ2) is 5.05. The summed E-state index contributed by atoms with van der Waals surface area (Å²) in [6.07, 6.45) is 6.67. The first-order valence-electron chi connectivity index (χ1n) is 5.00. The number of rotatable bonds is 4. The van der Waals surface area contributed by atoms with E-state index in [-0.39, 0.29) is 0 Å². The number of hydrogen-bond donors (Lipinski definition) is 0. The highest BCUT2D eigenvalue weighted by Gasteiger charge is 2.22. The minimum atomic E-state index is 0.296. The Morgan fingerprint density at radius 3 is 2.00 bits per heavy atom. The number of hydrogen-bond acceptors (Lipinski definition) is 0. The first-order chi connectivity index (χ1) is 5.77. The third-order valence-corrected chi connectivity index (χ3v) is 2.05. The van der Waals surface area contributed by atoms with Crippen LogP contribution in [-0.2, 0) is 0 Å². The van der Waals surface area contributed by atoms with Gasteiger partial charge < -0.3 is 0 Å². The monoisotopic (exact) mass is 202 g/mol. The van der Waals surface area contributed by atoms with Crippen LogP contribution in [0.4, 0.5) is 0 Å². The van der Waals surface area contributed by atoms with Gasteiger partial charge in [0.15, 0.2) is 0 Å². The van der Waals surface area contributed by atoms with Gasteiger partial charge in [0.1, 0.15) is 0 Å². The molecule has 0 spiro atoms. The summed E-state index contributed by atoms with van der Waals surface area (Å²) in [5.41, 5.74) is 0.694. The van der Waals surface area contributed by atoms with E-state index in [2.05, 4.69) is 46.8 Å². The highest BCUT2D eigenvalue weighted by atomic mass is 35.5. The van der Waals surface area contributed by atoms with Crippen LogP contribution in [0.25, 0.3) is 0 Å². The predicted octanol–water partition coefficient (Wildman–Crippen LogP) is 4.63. The Balaban J connectivity index is 4.08. The Labute approximate surface area is 88.4 Å². The molecule has 0 rings (SSSR count). The van der Waals surface area contributed by atoms with E-state index in [4.69, 9.17) is 11.6 Å². The van der Waals surface area contributed by atoms with E-state index in [1.807, 2.05) is 0 Å². The van der Waals surface area contributed by atoms with Crippen molar-refractivity contribution in [2.45, 2.75) is 47.5 Å². The minimum Gasteiger partial charge on any atom is -0.126 e. The van der Waals surface area contributed by atoms with Gasteiger partial charge in [-0.2, -0.15) is 0 Å². The smallest absolute Gasteiger partial charge is 0.0258 e. The average Bonchev–Trinajstić information content (AvgIpc) is 1.81. The average molecular weight is 203 g/mol. The van der Waals surface area contributed by atoms with Crippen LogP contribution in [0, 0.1) is 10.8 Å². The molecule has 0 nitrogen and oxygen atoms in total. The van der Waals surface area contributed by atoms with Crippen molar-refractivity contribution < 1.29 is 0 Å². The zero-order valence-corrected chi connectivity index (χ0v) is 10.4. The van der Waals surface area contributed by atoms with Gasteiger partial charge in [-0.15, -0.1) is 11.6 Å². The van der Waals surface area contributed by atoms with Gasteiger partial charge in [-0.3, -0.25) is 0 Å². The number of halogens is 1. The van der Waals surface area contributed by atoms with Gasteiger partial charge in [-0.1, -0.05) is 46.8 Å². The lowest BCUT2D eigenvalue weighted by atomic mass is 9.76. The van der Waals surface area contributed by atoms with Crippen LogP contribution >= 0.6 is 11.6 Å². The maximum absolute atomic E-state index is 5.61. The molecule has 0 heterocycles. The summed E-state index contributed by atoms with van der Waals surface area (Å²) in [6, 6.07) is 0. The molecule has 1 heteroatoms. The van der Waals surface area contributed by atoms with Crippen LogP contribution in [-0.4, -0.2) is 5.88 Å². The van der Waals surface area contributed by atoms with Crippen molar-refractivity contribution in [1.82, 2.24) is 0 Å². The fourth-order valence-corrected chi connectivity index (χ4v) is 2.02. The van der Waals surface area contributed by atoms with Gasteiger partial charge in [0.25, 0.3) is 0 Å². The summed E-state index contributed by atoms with van der Waals surface area (Å²) in [5, 5.41) is 0. The second-order valence-electron chi connectivity index (χ2n) is 5.61. The molecule has 13 heavy (non-hydrogen) atoms. The lowest BCUT2D eigenvalue weighted by Crippen LogP contribution is -2.18. The van der Waals surface area contributed by atoms with Crippen LogP contribution in [0.5, 0.6) is 0 Å². The van der Waals surface area contributed by atoms with Crippen LogP contribution in [0.3, 0.4) is 0 Å². The lowest BCUT2D eigenvalue weighted by Gasteiger charge is -2.29. The molecule has 0 aromatic heterocycles. The van der Waals surface area contributed by atoms with Crippen molar-refractivity contribution in [3.63, 3.8) is 0 Å². The second-order valence-corrected chi connectivity index (χ2v) is 5.98. The Kier molecular flexibility index (Phi) is 5.06. The molecule has 78 valence electrons. The van der Waals surface area contributed by atoms with Crippen molar-refractivity contribution in [2.75, 3.05) is 5.88 Å². The first-order valence-corrected chi connectivity index (χ1v) is 5.54. The van der Waals surface area contributed by atoms with Crippen molar-refractivity contribution in [3.8, 4) is 0 Å². The molecular formula is C12H23Cl. The van der Waals surface area contributed by atoms with Crippen LogP contribution in [0.1, 0.15) is 47.5 Å². The summed E-state index contributed by atoms with van der Waals surface area (Å²) in [5.74, 6) is 0.724. The SMILES string of the molecule is CC(C)(C)CC(C)(C)/C=C/CCCl. The Morgan fingerprint density at radius 2 is 1.62 bits per heavy atom. The van der Waals surface area contributed by atoms with E-state index < -0.39 is 0 Å². The molecule has 0 unspecified atom stereocenters. The van der Waals surface area contributed by atoms with E-state index in [1.165, 1.54) is 6.42 Å². The maximum Gasteiger partial charge on any atom is 0.0258 e. The van der Waals surface area contributed by atoms with E-state index in [1.54, 1.807) is 0 Å². The molecular weight excluding hydrogens is 180 g/mol. The largest absolute Gasteiger partial charge is 0.126 e. The zero-order chi connectivity index (χ0) is 10.5. The summed E-state index contributed by atoms with van der Waals surface area (Å²) in [7, 11) is 0. The highest BCUT2D eigenvalue weighted by molar-refractivity contribution is 6.17. The Morgan fingerprint density at radius 1 is 1.08 bits per heavy atom. The molecule has 0 saturated heterocycles. The molecule has 0 aromatic rings. The molecule has 0 amide bonds. The molecule has 0 atom stereocenters.